The van der Waals surface area contributed by atoms with E-state index in [0.717, 1.165) is 12.1 Å². The topological polar surface area (TPSA) is 92.0 Å². The number of carbonyl (C=O) groups is 3. The lowest BCUT2D eigenvalue weighted by Crippen LogP contribution is -2.08. The molecule has 0 N–H and O–H groups in total. The zero-order chi connectivity index (χ0) is 18.6. The summed E-state index contributed by atoms with van der Waals surface area (Å²) >= 11 is 0. The molecule has 25 heavy (non-hydrogen) atoms. The lowest BCUT2D eigenvalue weighted by atomic mass is 10.0. The molecule has 134 valence electrons. The van der Waals surface area contributed by atoms with Crippen molar-refractivity contribution in [3.05, 3.63) is 29.0 Å². The third-order valence-corrected chi connectivity index (χ3v) is 3.13. The molecular formula is C16H14F2O7. The number of halogens is 2. The molecule has 2 aromatic rings. The Morgan fingerprint density at radius 1 is 1.16 bits per heavy atom. The molecule has 0 saturated heterocycles. The molecule has 0 aliphatic heterocycles. The molecule has 1 aromatic carbocycles. The van der Waals surface area contributed by atoms with Crippen LogP contribution in [0.1, 0.15) is 45.1 Å². The van der Waals surface area contributed by atoms with Crippen LogP contribution in [-0.4, -0.2) is 38.1 Å². The van der Waals surface area contributed by atoms with Gasteiger partial charge in [0.15, 0.2) is 17.6 Å². The van der Waals surface area contributed by atoms with Crippen molar-refractivity contribution in [1.29, 1.82) is 0 Å². The Labute approximate surface area is 140 Å². The van der Waals surface area contributed by atoms with Crippen molar-refractivity contribution in [2.75, 3.05) is 13.2 Å². The highest BCUT2D eigenvalue weighted by Crippen LogP contribution is 2.36. The molecule has 0 amide bonds. The van der Waals surface area contributed by atoms with Crippen LogP contribution in [0.15, 0.2) is 16.5 Å². The maximum atomic E-state index is 12.6. The average Bonchev–Trinajstić information content (AvgIpc) is 2.95. The van der Waals surface area contributed by atoms with E-state index in [1.165, 1.54) is 6.92 Å². The molecule has 0 bridgehead atoms. The number of hydrogen-bond acceptors (Lipinski definition) is 7. The van der Waals surface area contributed by atoms with E-state index in [1.54, 1.807) is 6.92 Å². The van der Waals surface area contributed by atoms with Gasteiger partial charge in [-0.1, -0.05) is 0 Å². The maximum absolute atomic E-state index is 12.6. The maximum Gasteiger partial charge on any atom is 0.387 e. The van der Waals surface area contributed by atoms with Gasteiger partial charge in [-0.05, 0) is 26.0 Å². The predicted octanol–water partition coefficient (Wildman–Crippen LogP) is 3.20. The minimum atomic E-state index is -3.17. The zero-order valence-electron chi connectivity index (χ0n) is 13.3. The summed E-state index contributed by atoms with van der Waals surface area (Å²) in [5.41, 5.74) is -0.785. The van der Waals surface area contributed by atoms with Gasteiger partial charge in [0.05, 0.1) is 29.7 Å². The molecule has 0 aliphatic carbocycles. The van der Waals surface area contributed by atoms with Crippen molar-refractivity contribution in [1.82, 2.24) is 0 Å². The van der Waals surface area contributed by atoms with Gasteiger partial charge in [0, 0.05) is 0 Å². The first-order valence-corrected chi connectivity index (χ1v) is 7.28. The van der Waals surface area contributed by atoms with Crippen LogP contribution < -0.4 is 4.74 Å². The highest BCUT2D eigenvalue weighted by Gasteiger charge is 2.28. The van der Waals surface area contributed by atoms with E-state index in [4.69, 9.17) is 13.9 Å². The lowest BCUT2D eigenvalue weighted by molar-refractivity contribution is -0.0494. The predicted molar refractivity (Wildman–Crippen MR) is 80.1 cm³/mol. The van der Waals surface area contributed by atoms with Crippen molar-refractivity contribution in [3.8, 4) is 5.75 Å². The fourth-order valence-electron chi connectivity index (χ4n) is 2.23. The van der Waals surface area contributed by atoms with Gasteiger partial charge < -0.3 is 18.6 Å². The molecule has 0 aliphatic rings. The van der Waals surface area contributed by atoms with Crippen molar-refractivity contribution >= 4 is 29.2 Å². The normalized spacial score (nSPS) is 10.8. The van der Waals surface area contributed by atoms with Crippen LogP contribution in [0, 0.1) is 0 Å². The van der Waals surface area contributed by atoms with Crippen molar-refractivity contribution < 1.29 is 41.8 Å². The standard InChI is InChI=1S/C16H14F2O7/c1-3-22-14(20)8-5-6-10(24-16(17)18)13-11(8)9(7-19)12(25-13)15(21)23-4-2/h5-7,16H,3-4H2,1-2H3. The first-order chi connectivity index (χ1) is 11.9. The molecule has 0 atom stereocenters. The molecule has 7 nitrogen and oxygen atoms in total. The van der Waals surface area contributed by atoms with E-state index < -0.39 is 30.1 Å². The number of alkyl halides is 2. The van der Waals surface area contributed by atoms with Gasteiger partial charge in [-0.15, -0.1) is 0 Å². The first-order valence-electron chi connectivity index (χ1n) is 7.28. The fraction of sp³-hybridized carbons (Fsp3) is 0.312. The van der Waals surface area contributed by atoms with Gasteiger partial charge in [0.2, 0.25) is 5.76 Å². The highest BCUT2D eigenvalue weighted by atomic mass is 19.3. The summed E-state index contributed by atoms with van der Waals surface area (Å²) in [6, 6.07) is 2.21. The van der Waals surface area contributed by atoms with Crippen LogP contribution in [-0.2, 0) is 9.47 Å². The van der Waals surface area contributed by atoms with Gasteiger partial charge >= 0.3 is 18.6 Å². The Hall–Kier alpha value is -2.97. The van der Waals surface area contributed by atoms with Gasteiger partial charge in [0.1, 0.15) is 0 Å². The van der Waals surface area contributed by atoms with E-state index >= 15 is 0 Å². The van der Waals surface area contributed by atoms with E-state index in [-0.39, 0.29) is 41.6 Å². The van der Waals surface area contributed by atoms with E-state index in [1.807, 2.05) is 0 Å². The van der Waals surface area contributed by atoms with E-state index in [9.17, 15) is 23.2 Å². The second kappa shape index (κ2) is 7.73. The van der Waals surface area contributed by atoms with Crippen molar-refractivity contribution in [2.45, 2.75) is 20.5 Å². The van der Waals surface area contributed by atoms with Crippen molar-refractivity contribution in [2.24, 2.45) is 0 Å². The number of ether oxygens (including phenoxy) is 3. The Kier molecular flexibility index (Phi) is 5.68. The summed E-state index contributed by atoms with van der Waals surface area (Å²) in [7, 11) is 0. The van der Waals surface area contributed by atoms with Crippen LogP contribution >= 0.6 is 0 Å². The fourth-order valence-corrected chi connectivity index (χ4v) is 2.23. The lowest BCUT2D eigenvalue weighted by Gasteiger charge is -2.08. The third-order valence-electron chi connectivity index (χ3n) is 3.13. The SMILES string of the molecule is CCOC(=O)c1oc2c(OC(F)F)ccc(C(=O)OCC)c2c1C=O. The summed E-state index contributed by atoms with van der Waals surface area (Å²) < 4.78 is 44.4. The van der Waals surface area contributed by atoms with Crippen molar-refractivity contribution in [3.63, 3.8) is 0 Å². The summed E-state index contributed by atoms with van der Waals surface area (Å²) in [6.45, 7) is -0.0131. The number of benzene rings is 1. The quantitative estimate of drug-likeness (QED) is 0.555. The Balaban J connectivity index is 2.77. The number of hydrogen-bond donors (Lipinski definition) is 0. The van der Waals surface area contributed by atoms with E-state index in [2.05, 4.69) is 4.74 Å². The first kappa shape index (κ1) is 18.4. The second-order valence-corrected chi connectivity index (χ2v) is 4.60. The Bertz CT molecular complexity index is 810. The minimum absolute atomic E-state index is 0.000694. The number of rotatable bonds is 7. The molecule has 0 fully saturated rings. The molecule has 9 heteroatoms. The number of esters is 2. The summed E-state index contributed by atoms with van der Waals surface area (Å²) in [4.78, 5) is 35.5. The minimum Gasteiger partial charge on any atom is -0.462 e. The summed E-state index contributed by atoms with van der Waals surface area (Å²) in [6.07, 6.45) is 0.271. The van der Waals surface area contributed by atoms with Gasteiger partial charge in [0.25, 0.3) is 0 Å². The molecular weight excluding hydrogens is 342 g/mol. The van der Waals surface area contributed by atoms with Gasteiger partial charge in [-0.3, -0.25) is 4.79 Å². The van der Waals surface area contributed by atoms with Crippen LogP contribution in [0.3, 0.4) is 0 Å². The number of fused-ring (bicyclic) bond motifs is 1. The van der Waals surface area contributed by atoms with E-state index in [0.29, 0.717) is 0 Å². The van der Waals surface area contributed by atoms with Crippen LogP contribution in [0.25, 0.3) is 11.0 Å². The van der Waals surface area contributed by atoms with Crippen LogP contribution in [0.2, 0.25) is 0 Å². The molecule has 0 saturated carbocycles. The van der Waals surface area contributed by atoms with Gasteiger partial charge in [-0.25, -0.2) is 9.59 Å². The van der Waals surface area contributed by atoms with Gasteiger partial charge in [-0.2, -0.15) is 8.78 Å². The van der Waals surface area contributed by atoms with Crippen LogP contribution in [0.4, 0.5) is 8.78 Å². The monoisotopic (exact) mass is 356 g/mol. The summed E-state index contributed by atoms with van der Waals surface area (Å²) in [5.74, 6) is -2.73. The highest BCUT2D eigenvalue weighted by molar-refractivity contribution is 6.15. The number of carbonyl (C=O) groups excluding carboxylic acids is 3. The molecule has 0 spiro atoms. The molecule has 1 aromatic heterocycles. The smallest absolute Gasteiger partial charge is 0.387 e. The molecule has 0 radical (unpaired) electrons. The summed E-state index contributed by atoms with van der Waals surface area (Å²) in [5, 5.41) is -0.158. The number of furan rings is 1. The Morgan fingerprint density at radius 3 is 2.36 bits per heavy atom. The average molecular weight is 356 g/mol. The zero-order valence-corrected chi connectivity index (χ0v) is 13.3. The molecule has 0 unspecified atom stereocenters. The Morgan fingerprint density at radius 2 is 1.80 bits per heavy atom. The third kappa shape index (κ3) is 3.59. The molecule has 1 heterocycles. The van der Waals surface area contributed by atoms with Crippen LogP contribution in [0.5, 0.6) is 5.75 Å². The second-order valence-electron chi connectivity index (χ2n) is 4.60. The molecule has 2 rings (SSSR count). The largest absolute Gasteiger partial charge is 0.462 e. The number of aldehydes is 1.